The SMILES string of the molecule is CC(=O)/C(N=Nc1ccc(C(=O)ON2c3ccccc3C(C)(C)C23C=Cc2cc([N+](=O)[O-])ccc2O3)cc1)=C(/O)c1ccccc1. The molecule has 0 amide bonds. The van der Waals surface area contributed by atoms with Crippen LogP contribution in [-0.4, -0.2) is 27.5 Å². The number of aliphatic hydroxyl groups excluding tert-OH is 1. The molecule has 0 aliphatic carbocycles. The molecule has 2 heterocycles. The van der Waals surface area contributed by atoms with Crippen LogP contribution in [0.3, 0.4) is 0 Å². The number of aliphatic hydroxyl groups is 1. The van der Waals surface area contributed by atoms with Gasteiger partial charge in [-0.25, -0.2) is 4.79 Å². The number of rotatable bonds is 7. The molecule has 1 atom stereocenters. The van der Waals surface area contributed by atoms with E-state index in [0.29, 0.717) is 28.3 Å². The summed E-state index contributed by atoms with van der Waals surface area (Å²) in [6.45, 7) is 5.23. The number of fused-ring (bicyclic) bond motifs is 2. The minimum absolute atomic E-state index is 0.0651. The number of hydroxylamine groups is 1. The number of ether oxygens (including phenoxy) is 1. The maximum atomic E-state index is 13.6. The molecule has 2 aliphatic rings. The lowest BCUT2D eigenvalue weighted by Crippen LogP contribution is -2.59. The molecule has 0 saturated heterocycles. The summed E-state index contributed by atoms with van der Waals surface area (Å²) < 4.78 is 6.57. The summed E-state index contributed by atoms with van der Waals surface area (Å²) in [5, 5.41) is 31.4. The third-order valence-electron chi connectivity index (χ3n) is 8.10. The van der Waals surface area contributed by atoms with Crippen molar-refractivity contribution in [3.63, 3.8) is 0 Å². The zero-order valence-electron chi connectivity index (χ0n) is 25.1. The van der Waals surface area contributed by atoms with Gasteiger partial charge in [0.25, 0.3) is 5.69 Å². The number of hydrogen-bond donors (Lipinski definition) is 1. The molecule has 2 aliphatic heterocycles. The highest BCUT2D eigenvalue weighted by atomic mass is 16.7. The van der Waals surface area contributed by atoms with Crippen molar-refractivity contribution in [3.8, 4) is 5.75 Å². The van der Waals surface area contributed by atoms with Crippen LogP contribution >= 0.6 is 0 Å². The number of nitrogens with zero attached hydrogens (tertiary/aromatic N) is 4. The summed E-state index contributed by atoms with van der Waals surface area (Å²) >= 11 is 0. The summed E-state index contributed by atoms with van der Waals surface area (Å²) in [7, 11) is 0. The smallest absolute Gasteiger partial charge is 0.363 e. The maximum absolute atomic E-state index is 13.6. The van der Waals surface area contributed by atoms with Crippen LogP contribution in [0.1, 0.15) is 47.8 Å². The Balaban J connectivity index is 1.28. The normalized spacial score (nSPS) is 18.0. The number of benzene rings is 4. The van der Waals surface area contributed by atoms with Gasteiger partial charge >= 0.3 is 5.97 Å². The zero-order chi connectivity index (χ0) is 32.6. The molecular formula is C35H28N4O7. The fourth-order valence-corrected chi connectivity index (χ4v) is 5.57. The van der Waals surface area contributed by atoms with Crippen molar-refractivity contribution in [1.82, 2.24) is 0 Å². The van der Waals surface area contributed by atoms with E-state index in [4.69, 9.17) is 9.57 Å². The second kappa shape index (κ2) is 11.4. The molecule has 0 fully saturated rings. The Bertz CT molecular complexity index is 1970. The zero-order valence-corrected chi connectivity index (χ0v) is 25.1. The highest BCUT2D eigenvalue weighted by Crippen LogP contribution is 2.55. The third-order valence-corrected chi connectivity index (χ3v) is 8.10. The quantitative estimate of drug-likeness (QED) is 0.0726. The molecule has 4 aromatic rings. The van der Waals surface area contributed by atoms with Crippen molar-refractivity contribution in [1.29, 1.82) is 0 Å². The number of carbonyl (C=O) groups excluding carboxylic acids is 2. The summed E-state index contributed by atoms with van der Waals surface area (Å²) in [4.78, 5) is 42.7. The molecule has 6 rings (SSSR count). The van der Waals surface area contributed by atoms with Gasteiger partial charge in [-0.05, 0) is 68.0 Å². The molecule has 1 N–H and O–H groups in total. The van der Waals surface area contributed by atoms with Gasteiger partial charge in [-0.15, -0.1) is 5.11 Å². The Kier molecular flexibility index (Phi) is 7.45. The van der Waals surface area contributed by atoms with Crippen molar-refractivity contribution in [2.75, 3.05) is 5.06 Å². The van der Waals surface area contributed by atoms with E-state index in [1.807, 2.05) is 38.1 Å². The number of azo groups is 1. The van der Waals surface area contributed by atoms with Gasteiger partial charge in [-0.3, -0.25) is 14.9 Å². The maximum Gasteiger partial charge on any atom is 0.363 e. The predicted octanol–water partition coefficient (Wildman–Crippen LogP) is 7.87. The van der Waals surface area contributed by atoms with Gasteiger partial charge in [-0.2, -0.15) is 10.2 Å². The summed E-state index contributed by atoms with van der Waals surface area (Å²) in [6.07, 6.45) is 3.49. The first-order valence-corrected chi connectivity index (χ1v) is 14.3. The number of ketones is 1. The fraction of sp³-hybridized carbons (Fsp3) is 0.143. The Hall–Kier alpha value is -6.10. The van der Waals surface area contributed by atoms with Crippen LogP contribution in [0.15, 0.2) is 119 Å². The Morgan fingerprint density at radius 2 is 1.63 bits per heavy atom. The molecule has 4 aromatic carbocycles. The van der Waals surface area contributed by atoms with Crippen molar-refractivity contribution < 1.29 is 29.2 Å². The van der Waals surface area contributed by atoms with Gasteiger partial charge in [0, 0.05) is 30.2 Å². The minimum atomic E-state index is -1.31. The first-order valence-electron chi connectivity index (χ1n) is 14.3. The lowest BCUT2D eigenvalue weighted by atomic mass is 9.76. The lowest BCUT2D eigenvalue weighted by molar-refractivity contribution is -0.384. The number of nitro groups is 1. The highest BCUT2D eigenvalue weighted by Gasteiger charge is 2.61. The van der Waals surface area contributed by atoms with Crippen LogP contribution in [0.25, 0.3) is 11.8 Å². The molecule has 46 heavy (non-hydrogen) atoms. The highest BCUT2D eigenvalue weighted by molar-refractivity contribution is 5.99. The molecular weight excluding hydrogens is 588 g/mol. The van der Waals surface area contributed by atoms with Gasteiger partial charge in [0.1, 0.15) is 5.75 Å². The number of Topliss-reactive ketones (excluding diaryl/α,β-unsaturated/α-hetero) is 1. The second-order valence-corrected chi connectivity index (χ2v) is 11.3. The first-order chi connectivity index (χ1) is 22.0. The number of anilines is 1. The van der Waals surface area contributed by atoms with Crippen molar-refractivity contribution in [3.05, 3.63) is 141 Å². The molecule has 0 aromatic heterocycles. The largest absolute Gasteiger partial charge is 0.505 e. The first kappa shape index (κ1) is 29.9. The molecule has 230 valence electrons. The molecule has 0 bridgehead atoms. The van der Waals surface area contributed by atoms with Gasteiger partial charge < -0.3 is 14.7 Å². The number of allylic oxidation sites excluding steroid dienone is 1. The van der Waals surface area contributed by atoms with Crippen molar-refractivity contribution in [2.45, 2.75) is 31.9 Å². The molecule has 1 spiro atoms. The van der Waals surface area contributed by atoms with E-state index < -0.39 is 27.8 Å². The van der Waals surface area contributed by atoms with Crippen LogP contribution in [0, 0.1) is 10.1 Å². The number of non-ortho nitro benzene ring substituents is 1. The van der Waals surface area contributed by atoms with Crippen LogP contribution in [0.5, 0.6) is 5.75 Å². The minimum Gasteiger partial charge on any atom is -0.505 e. The standard InChI is InChI=1S/C35H28N4O7/c1-22(40)31(32(41)23-9-5-4-6-10-23)37-36-26-15-13-24(14-16-26)33(42)46-38-29-12-8-7-11-28(29)34(2,3)35(38)20-19-25-21-27(39(43)44)17-18-30(25)45-35/h4-21,41H,1-3H3/b32-31-,37-36?. The fourth-order valence-electron chi connectivity index (χ4n) is 5.57. The summed E-state index contributed by atoms with van der Waals surface area (Å²) in [5.74, 6) is -1.03. The van der Waals surface area contributed by atoms with Crippen molar-refractivity contribution in [2.24, 2.45) is 10.2 Å². The van der Waals surface area contributed by atoms with Crippen LogP contribution in [0.4, 0.5) is 17.1 Å². The Labute approximate surface area is 263 Å². The molecule has 0 saturated carbocycles. The summed E-state index contributed by atoms with van der Waals surface area (Å²) in [6, 6.07) is 26.5. The van der Waals surface area contributed by atoms with E-state index in [2.05, 4.69) is 10.2 Å². The topological polar surface area (TPSA) is 144 Å². The molecule has 0 radical (unpaired) electrons. The van der Waals surface area contributed by atoms with E-state index >= 15 is 0 Å². The predicted molar refractivity (Wildman–Crippen MR) is 170 cm³/mol. The number of carbonyl (C=O) groups is 2. The van der Waals surface area contributed by atoms with Gasteiger partial charge in [0.15, 0.2) is 17.2 Å². The van der Waals surface area contributed by atoms with E-state index in [1.54, 1.807) is 42.5 Å². The summed E-state index contributed by atoms with van der Waals surface area (Å²) in [5.41, 5.74) is 0.711. The Morgan fingerprint density at radius 1 is 0.935 bits per heavy atom. The molecule has 11 heteroatoms. The van der Waals surface area contributed by atoms with Gasteiger partial charge in [-0.1, -0.05) is 48.5 Å². The van der Waals surface area contributed by atoms with Gasteiger partial charge in [0.2, 0.25) is 5.72 Å². The van der Waals surface area contributed by atoms with E-state index in [9.17, 15) is 24.8 Å². The van der Waals surface area contributed by atoms with E-state index in [1.165, 1.54) is 54.5 Å². The average molecular weight is 617 g/mol. The van der Waals surface area contributed by atoms with Gasteiger partial charge in [0.05, 0.1) is 27.3 Å². The molecule has 1 unspecified atom stereocenters. The van der Waals surface area contributed by atoms with E-state index in [-0.39, 0.29) is 22.7 Å². The lowest BCUT2D eigenvalue weighted by Gasteiger charge is -2.45. The number of hydrogen-bond acceptors (Lipinski definition) is 10. The number of para-hydroxylation sites is 1. The monoisotopic (exact) mass is 616 g/mol. The number of nitro benzene ring substituents is 1. The average Bonchev–Trinajstić information content (AvgIpc) is 3.23. The van der Waals surface area contributed by atoms with Crippen LogP contribution in [0.2, 0.25) is 0 Å². The van der Waals surface area contributed by atoms with Crippen LogP contribution < -0.4 is 9.80 Å². The third kappa shape index (κ3) is 5.07. The second-order valence-electron chi connectivity index (χ2n) is 11.3. The van der Waals surface area contributed by atoms with E-state index in [0.717, 1.165) is 5.56 Å². The van der Waals surface area contributed by atoms with Crippen LogP contribution in [-0.2, 0) is 15.0 Å². The molecule has 11 nitrogen and oxygen atoms in total. The van der Waals surface area contributed by atoms with Crippen molar-refractivity contribution >= 4 is 40.6 Å². The Morgan fingerprint density at radius 3 is 2.33 bits per heavy atom.